The maximum absolute atomic E-state index is 9.04. The molecule has 2 heteroatoms. The van der Waals surface area contributed by atoms with Gasteiger partial charge in [-0.05, 0) is 50.5 Å². The van der Waals surface area contributed by atoms with E-state index in [1.54, 1.807) is 0 Å². The van der Waals surface area contributed by atoms with Gasteiger partial charge in [-0.3, -0.25) is 0 Å². The lowest BCUT2D eigenvalue weighted by Crippen LogP contribution is -2.44. The van der Waals surface area contributed by atoms with Crippen molar-refractivity contribution in [2.75, 3.05) is 19.7 Å². The summed E-state index contributed by atoms with van der Waals surface area (Å²) in [4.78, 5) is 2.72. The topological polar surface area (TPSA) is 23.5 Å². The zero-order valence-electron chi connectivity index (χ0n) is 10.7. The summed E-state index contributed by atoms with van der Waals surface area (Å²) in [5.41, 5.74) is 0. The molecule has 1 saturated heterocycles. The quantitative estimate of drug-likeness (QED) is 0.798. The average molecular weight is 225 g/mol. The molecular formula is C14H27NO. The van der Waals surface area contributed by atoms with Gasteiger partial charge in [-0.2, -0.15) is 0 Å². The zero-order chi connectivity index (χ0) is 11.4. The standard InChI is InChI=1S/C14H27NO/c1-12-4-2-6-14(10-12)15-8-3-5-13(11-15)7-9-16/h12-14,16H,2-11H2,1H3. The maximum atomic E-state index is 9.04. The van der Waals surface area contributed by atoms with Gasteiger partial charge in [0.25, 0.3) is 0 Å². The first-order valence-electron chi connectivity index (χ1n) is 7.14. The molecule has 0 spiro atoms. The van der Waals surface area contributed by atoms with Crippen LogP contribution in [0.1, 0.15) is 51.9 Å². The van der Waals surface area contributed by atoms with Crippen LogP contribution in [0.15, 0.2) is 0 Å². The van der Waals surface area contributed by atoms with Gasteiger partial charge in [0.05, 0.1) is 0 Å². The largest absolute Gasteiger partial charge is 0.396 e. The summed E-state index contributed by atoms with van der Waals surface area (Å²) in [7, 11) is 0. The molecule has 3 unspecified atom stereocenters. The molecule has 2 rings (SSSR count). The molecule has 2 nitrogen and oxygen atoms in total. The molecule has 3 atom stereocenters. The van der Waals surface area contributed by atoms with E-state index in [1.807, 2.05) is 0 Å². The summed E-state index contributed by atoms with van der Waals surface area (Å²) in [5.74, 6) is 1.69. The van der Waals surface area contributed by atoms with Crippen molar-refractivity contribution in [2.24, 2.45) is 11.8 Å². The highest BCUT2D eigenvalue weighted by atomic mass is 16.3. The van der Waals surface area contributed by atoms with Gasteiger partial charge in [0.1, 0.15) is 0 Å². The second-order valence-electron chi connectivity index (χ2n) is 5.94. The van der Waals surface area contributed by atoms with Gasteiger partial charge in [-0.15, -0.1) is 0 Å². The Balaban J connectivity index is 1.83. The molecule has 0 bridgehead atoms. The third-order valence-corrected chi connectivity index (χ3v) is 4.51. The lowest BCUT2D eigenvalue weighted by Gasteiger charge is -2.41. The van der Waals surface area contributed by atoms with Gasteiger partial charge in [0, 0.05) is 19.2 Å². The molecule has 1 aliphatic heterocycles. The van der Waals surface area contributed by atoms with Crippen LogP contribution in [0, 0.1) is 11.8 Å². The van der Waals surface area contributed by atoms with Gasteiger partial charge >= 0.3 is 0 Å². The molecule has 1 heterocycles. The summed E-state index contributed by atoms with van der Waals surface area (Å²) in [6, 6.07) is 0.852. The molecule has 0 amide bonds. The number of aliphatic hydroxyl groups is 1. The lowest BCUT2D eigenvalue weighted by molar-refractivity contribution is 0.0761. The highest BCUT2D eigenvalue weighted by molar-refractivity contribution is 4.83. The van der Waals surface area contributed by atoms with Crippen LogP contribution in [0.25, 0.3) is 0 Å². The van der Waals surface area contributed by atoms with Crippen LogP contribution in [-0.4, -0.2) is 35.7 Å². The van der Waals surface area contributed by atoms with Crippen LogP contribution >= 0.6 is 0 Å². The van der Waals surface area contributed by atoms with Crippen molar-refractivity contribution in [3.63, 3.8) is 0 Å². The van der Waals surface area contributed by atoms with Crippen molar-refractivity contribution in [1.29, 1.82) is 0 Å². The normalized spacial score (nSPS) is 37.5. The van der Waals surface area contributed by atoms with E-state index in [2.05, 4.69) is 11.8 Å². The average Bonchev–Trinajstić information content (AvgIpc) is 2.30. The van der Waals surface area contributed by atoms with Gasteiger partial charge in [0.15, 0.2) is 0 Å². The van der Waals surface area contributed by atoms with E-state index in [9.17, 15) is 0 Å². The van der Waals surface area contributed by atoms with Crippen LogP contribution in [0.4, 0.5) is 0 Å². The molecule has 1 N–H and O–H groups in total. The molecule has 0 aromatic rings. The Morgan fingerprint density at radius 2 is 2.06 bits per heavy atom. The van der Waals surface area contributed by atoms with Crippen molar-refractivity contribution in [2.45, 2.75) is 57.9 Å². The van der Waals surface area contributed by atoms with Crippen LogP contribution in [0.5, 0.6) is 0 Å². The second-order valence-corrected chi connectivity index (χ2v) is 5.94. The highest BCUT2D eigenvalue weighted by Crippen LogP contribution is 2.30. The van der Waals surface area contributed by atoms with E-state index in [4.69, 9.17) is 5.11 Å². The Bertz CT molecular complexity index is 205. The van der Waals surface area contributed by atoms with E-state index in [1.165, 1.54) is 51.6 Å². The zero-order valence-corrected chi connectivity index (χ0v) is 10.7. The summed E-state index contributed by atoms with van der Waals surface area (Å²) in [6.45, 7) is 5.33. The van der Waals surface area contributed by atoms with Crippen LogP contribution in [-0.2, 0) is 0 Å². The summed E-state index contributed by atoms with van der Waals surface area (Å²) in [5, 5.41) is 9.04. The first-order chi connectivity index (χ1) is 7.79. The Morgan fingerprint density at radius 3 is 2.81 bits per heavy atom. The van der Waals surface area contributed by atoms with E-state index in [-0.39, 0.29) is 0 Å². The molecule has 2 aliphatic rings. The number of rotatable bonds is 3. The Hall–Kier alpha value is -0.0800. The molecule has 1 saturated carbocycles. The monoisotopic (exact) mass is 225 g/mol. The highest BCUT2D eigenvalue weighted by Gasteiger charge is 2.28. The van der Waals surface area contributed by atoms with Crippen molar-refractivity contribution < 1.29 is 5.11 Å². The minimum atomic E-state index is 0.375. The fourth-order valence-corrected chi connectivity index (χ4v) is 3.58. The fourth-order valence-electron chi connectivity index (χ4n) is 3.58. The third-order valence-electron chi connectivity index (χ3n) is 4.51. The molecule has 16 heavy (non-hydrogen) atoms. The fraction of sp³-hybridized carbons (Fsp3) is 1.00. The number of piperidine rings is 1. The molecular weight excluding hydrogens is 198 g/mol. The number of hydrogen-bond acceptors (Lipinski definition) is 2. The van der Waals surface area contributed by atoms with Crippen LogP contribution < -0.4 is 0 Å². The Labute approximate surface area is 100 Å². The van der Waals surface area contributed by atoms with Crippen molar-refractivity contribution in [1.82, 2.24) is 4.90 Å². The molecule has 94 valence electrons. The van der Waals surface area contributed by atoms with E-state index < -0.39 is 0 Å². The summed E-state index contributed by atoms with van der Waals surface area (Å²) >= 11 is 0. The van der Waals surface area contributed by atoms with Crippen molar-refractivity contribution in [3.8, 4) is 0 Å². The minimum absolute atomic E-state index is 0.375. The van der Waals surface area contributed by atoms with E-state index in [0.717, 1.165) is 24.3 Å². The van der Waals surface area contributed by atoms with Crippen molar-refractivity contribution >= 4 is 0 Å². The number of hydrogen-bond donors (Lipinski definition) is 1. The summed E-state index contributed by atoms with van der Waals surface area (Å²) in [6.07, 6.45) is 9.37. The second kappa shape index (κ2) is 6.02. The van der Waals surface area contributed by atoms with E-state index >= 15 is 0 Å². The smallest absolute Gasteiger partial charge is 0.0434 e. The number of nitrogens with zero attached hydrogens (tertiary/aromatic N) is 1. The predicted octanol–water partition coefficient (Wildman–Crippen LogP) is 2.66. The molecule has 2 fully saturated rings. The van der Waals surface area contributed by atoms with Gasteiger partial charge in [0.2, 0.25) is 0 Å². The summed E-state index contributed by atoms with van der Waals surface area (Å²) < 4.78 is 0. The first kappa shape index (κ1) is 12.4. The van der Waals surface area contributed by atoms with Crippen molar-refractivity contribution in [3.05, 3.63) is 0 Å². The van der Waals surface area contributed by atoms with Gasteiger partial charge in [-0.25, -0.2) is 0 Å². The Morgan fingerprint density at radius 1 is 1.19 bits per heavy atom. The maximum Gasteiger partial charge on any atom is 0.0434 e. The molecule has 0 aromatic heterocycles. The minimum Gasteiger partial charge on any atom is -0.396 e. The van der Waals surface area contributed by atoms with Crippen LogP contribution in [0.3, 0.4) is 0 Å². The molecule has 0 radical (unpaired) electrons. The lowest BCUT2D eigenvalue weighted by atomic mass is 9.84. The molecule has 1 aliphatic carbocycles. The van der Waals surface area contributed by atoms with Gasteiger partial charge < -0.3 is 10.0 Å². The van der Waals surface area contributed by atoms with E-state index in [0.29, 0.717) is 6.61 Å². The SMILES string of the molecule is CC1CCCC(N2CCCC(CCO)C2)C1. The molecule has 0 aromatic carbocycles. The van der Waals surface area contributed by atoms with Crippen LogP contribution in [0.2, 0.25) is 0 Å². The number of aliphatic hydroxyl groups excluding tert-OH is 1. The third kappa shape index (κ3) is 3.21. The Kier molecular flexibility index (Phi) is 4.66. The first-order valence-corrected chi connectivity index (χ1v) is 7.14. The number of likely N-dealkylation sites (tertiary alicyclic amines) is 1. The van der Waals surface area contributed by atoms with Gasteiger partial charge in [-0.1, -0.05) is 19.8 Å². The predicted molar refractivity (Wildman–Crippen MR) is 67.4 cm³/mol.